The molecule has 0 unspecified atom stereocenters. The normalized spacial score (nSPS) is 10.3. The van der Waals surface area contributed by atoms with E-state index in [-0.39, 0.29) is 5.69 Å². The maximum absolute atomic E-state index is 10.9. The number of nitrogens with one attached hydrogen (secondary N) is 1. The zero-order valence-corrected chi connectivity index (χ0v) is 13.2. The number of nitrogens with zero attached hydrogens (tertiary/aromatic N) is 1. The lowest BCUT2D eigenvalue weighted by molar-refractivity contribution is -0.384. The molecule has 0 saturated heterocycles. The molecule has 0 radical (unpaired) electrons. The Morgan fingerprint density at radius 3 is 2.80 bits per heavy atom. The van der Waals surface area contributed by atoms with Gasteiger partial charge in [0.05, 0.1) is 17.6 Å². The number of benzene rings is 1. The van der Waals surface area contributed by atoms with Gasteiger partial charge < -0.3 is 10.1 Å². The van der Waals surface area contributed by atoms with Crippen molar-refractivity contribution in [1.29, 1.82) is 0 Å². The third-order valence-electron chi connectivity index (χ3n) is 2.50. The third kappa shape index (κ3) is 3.94. The van der Waals surface area contributed by atoms with Gasteiger partial charge in [-0.15, -0.1) is 11.3 Å². The Morgan fingerprint density at radius 1 is 1.40 bits per heavy atom. The van der Waals surface area contributed by atoms with Crippen LogP contribution in [0.15, 0.2) is 34.1 Å². The summed E-state index contributed by atoms with van der Waals surface area (Å²) < 4.78 is 6.38. The average Bonchev–Trinajstić information content (AvgIpc) is 2.82. The molecule has 2 rings (SSSR count). The molecule has 0 fully saturated rings. The number of halogens is 1. The van der Waals surface area contributed by atoms with Crippen molar-refractivity contribution in [2.24, 2.45) is 0 Å². The number of nitro groups is 1. The predicted octanol–water partition coefficient (Wildman–Crippen LogP) is 4.43. The number of non-ortho nitro benzene ring substituents is 1. The SMILES string of the molecule is CCOc1cc(NCc2cc(Br)cs2)cc([N+](=O)[O-])c1. The first-order chi connectivity index (χ1) is 9.58. The maximum Gasteiger partial charge on any atom is 0.275 e. The molecule has 0 aliphatic rings. The summed E-state index contributed by atoms with van der Waals surface area (Å²) in [4.78, 5) is 11.6. The van der Waals surface area contributed by atoms with Crippen molar-refractivity contribution in [2.75, 3.05) is 11.9 Å². The first kappa shape index (κ1) is 14.8. The molecule has 0 atom stereocenters. The van der Waals surface area contributed by atoms with Gasteiger partial charge in [-0.25, -0.2) is 0 Å². The second kappa shape index (κ2) is 6.71. The molecule has 20 heavy (non-hydrogen) atoms. The van der Waals surface area contributed by atoms with E-state index in [2.05, 4.69) is 21.2 Å². The molecular formula is C13H13BrN2O3S. The van der Waals surface area contributed by atoms with Crippen molar-refractivity contribution < 1.29 is 9.66 Å². The largest absolute Gasteiger partial charge is 0.494 e. The molecule has 0 saturated carbocycles. The summed E-state index contributed by atoms with van der Waals surface area (Å²) in [5, 5.41) is 16.1. The number of thiophene rings is 1. The highest BCUT2D eigenvalue weighted by Gasteiger charge is 2.10. The molecule has 1 aromatic heterocycles. The highest BCUT2D eigenvalue weighted by atomic mass is 79.9. The molecule has 1 N–H and O–H groups in total. The quantitative estimate of drug-likeness (QED) is 0.614. The Hall–Kier alpha value is -1.60. The van der Waals surface area contributed by atoms with Crippen molar-refractivity contribution in [3.05, 3.63) is 49.1 Å². The smallest absolute Gasteiger partial charge is 0.275 e. The summed E-state index contributed by atoms with van der Waals surface area (Å²) in [7, 11) is 0. The average molecular weight is 357 g/mol. The second-order valence-corrected chi connectivity index (χ2v) is 5.90. The van der Waals surface area contributed by atoms with E-state index in [0.717, 1.165) is 9.35 Å². The van der Waals surface area contributed by atoms with Crippen LogP contribution in [0.25, 0.3) is 0 Å². The van der Waals surface area contributed by atoms with E-state index in [1.807, 2.05) is 18.4 Å². The summed E-state index contributed by atoms with van der Waals surface area (Å²) in [5.74, 6) is 0.497. The van der Waals surface area contributed by atoms with E-state index in [0.29, 0.717) is 24.6 Å². The van der Waals surface area contributed by atoms with Crippen LogP contribution < -0.4 is 10.1 Å². The van der Waals surface area contributed by atoms with E-state index < -0.39 is 4.92 Å². The molecule has 106 valence electrons. The Balaban J connectivity index is 2.15. The first-order valence-corrected chi connectivity index (χ1v) is 7.65. The van der Waals surface area contributed by atoms with Crippen LogP contribution in [-0.4, -0.2) is 11.5 Å². The molecule has 5 nitrogen and oxygen atoms in total. The van der Waals surface area contributed by atoms with Gasteiger partial charge in [-0.2, -0.15) is 0 Å². The molecule has 0 aliphatic heterocycles. The van der Waals surface area contributed by atoms with Crippen LogP contribution in [0.3, 0.4) is 0 Å². The minimum absolute atomic E-state index is 0.0193. The molecular weight excluding hydrogens is 344 g/mol. The lowest BCUT2D eigenvalue weighted by Gasteiger charge is -2.08. The topological polar surface area (TPSA) is 64.4 Å². The second-order valence-electron chi connectivity index (χ2n) is 3.99. The molecule has 0 amide bonds. The van der Waals surface area contributed by atoms with Crippen molar-refractivity contribution >= 4 is 38.6 Å². The van der Waals surface area contributed by atoms with Crippen LogP contribution in [-0.2, 0) is 6.54 Å². The Kier molecular flexibility index (Phi) is 4.97. The summed E-state index contributed by atoms with van der Waals surface area (Å²) in [5.41, 5.74) is 0.693. The van der Waals surface area contributed by atoms with Crippen LogP contribution in [0.1, 0.15) is 11.8 Å². The van der Waals surface area contributed by atoms with Crippen molar-refractivity contribution in [3.63, 3.8) is 0 Å². The molecule has 1 aromatic carbocycles. The number of ether oxygens (including phenoxy) is 1. The Bertz CT molecular complexity index is 615. The molecule has 0 aliphatic carbocycles. The fourth-order valence-corrected chi connectivity index (χ4v) is 3.07. The summed E-state index contributed by atoms with van der Waals surface area (Å²) >= 11 is 5.01. The summed E-state index contributed by atoms with van der Waals surface area (Å²) in [6.07, 6.45) is 0. The molecule has 7 heteroatoms. The van der Waals surface area contributed by atoms with Crippen LogP contribution in [0.5, 0.6) is 5.75 Å². The van der Waals surface area contributed by atoms with Crippen LogP contribution in [0.4, 0.5) is 11.4 Å². The van der Waals surface area contributed by atoms with Crippen LogP contribution in [0.2, 0.25) is 0 Å². The summed E-state index contributed by atoms with van der Waals surface area (Å²) in [6.45, 7) is 2.93. The Morgan fingerprint density at radius 2 is 2.20 bits per heavy atom. The summed E-state index contributed by atoms with van der Waals surface area (Å²) in [6, 6.07) is 6.71. The molecule has 2 aromatic rings. The van der Waals surface area contributed by atoms with Gasteiger partial charge in [0, 0.05) is 39.1 Å². The standard InChI is InChI=1S/C13H13BrN2O3S/c1-2-19-12-5-10(4-11(6-12)16(17)18)15-7-13-3-9(14)8-20-13/h3-6,8,15H,2,7H2,1H3. The highest BCUT2D eigenvalue weighted by molar-refractivity contribution is 9.10. The fraction of sp³-hybridized carbons (Fsp3) is 0.231. The van der Waals surface area contributed by atoms with E-state index >= 15 is 0 Å². The van der Waals surface area contributed by atoms with Gasteiger partial charge in [0.25, 0.3) is 5.69 Å². The number of hydrogen-bond acceptors (Lipinski definition) is 5. The number of hydrogen-bond donors (Lipinski definition) is 1. The van der Waals surface area contributed by atoms with E-state index in [1.54, 1.807) is 17.4 Å². The van der Waals surface area contributed by atoms with Crippen molar-refractivity contribution in [1.82, 2.24) is 0 Å². The van der Waals surface area contributed by atoms with Gasteiger partial charge >= 0.3 is 0 Å². The maximum atomic E-state index is 10.9. The third-order valence-corrected chi connectivity index (χ3v) is 4.20. The number of rotatable bonds is 6. The van der Waals surface area contributed by atoms with Crippen LogP contribution in [0, 0.1) is 10.1 Å². The van der Waals surface area contributed by atoms with Gasteiger partial charge in [-0.05, 0) is 28.9 Å². The lowest BCUT2D eigenvalue weighted by atomic mass is 10.2. The highest BCUT2D eigenvalue weighted by Crippen LogP contribution is 2.27. The van der Waals surface area contributed by atoms with Crippen molar-refractivity contribution in [3.8, 4) is 5.75 Å². The van der Waals surface area contributed by atoms with E-state index in [9.17, 15) is 10.1 Å². The molecule has 1 heterocycles. The number of nitro benzene ring substituents is 1. The van der Waals surface area contributed by atoms with Crippen LogP contribution >= 0.6 is 27.3 Å². The van der Waals surface area contributed by atoms with Gasteiger partial charge in [0.2, 0.25) is 0 Å². The van der Waals surface area contributed by atoms with E-state index in [1.165, 1.54) is 12.1 Å². The fourth-order valence-electron chi connectivity index (χ4n) is 1.68. The molecule has 0 spiro atoms. The van der Waals surface area contributed by atoms with Gasteiger partial charge in [0.1, 0.15) is 5.75 Å². The van der Waals surface area contributed by atoms with Crippen molar-refractivity contribution in [2.45, 2.75) is 13.5 Å². The lowest BCUT2D eigenvalue weighted by Crippen LogP contribution is -2.00. The zero-order chi connectivity index (χ0) is 14.5. The first-order valence-electron chi connectivity index (χ1n) is 5.97. The van der Waals surface area contributed by atoms with E-state index in [4.69, 9.17) is 4.74 Å². The van der Waals surface area contributed by atoms with Gasteiger partial charge in [0.15, 0.2) is 0 Å². The minimum atomic E-state index is -0.421. The van der Waals surface area contributed by atoms with Gasteiger partial charge in [-0.1, -0.05) is 0 Å². The monoisotopic (exact) mass is 356 g/mol. The molecule has 0 bridgehead atoms. The predicted molar refractivity (Wildman–Crippen MR) is 83.6 cm³/mol. The van der Waals surface area contributed by atoms with Gasteiger partial charge in [-0.3, -0.25) is 10.1 Å². The number of anilines is 1. The minimum Gasteiger partial charge on any atom is -0.494 e. The Labute approximate surface area is 128 Å². The zero-order valence-electron chi connectivity index (χ0n) is 10.8.